The van der Waals surface area contributed by atoms with Crippen molar-refractivity contribution in [2.24, 2.45) is 0 Å². The van der Waals surface area contributed by atoms with E-state index in [9.17, 15) is 5.11 Å². The van der Waals surface area contributed by atoms with Gasteiger partial charge >= 0.3 is 0 Å². The zero-order chi connectivity index (χ0) is 12.0. The number of hydrogen-bond donors (Lipinski definition) is 3. The van der Waals surface area contributed by atoms with Crippen LogP contribution in [0.25, 0.3) is 0 Å². The number of aliphatic hydroxyl groups excluding tert-OH is 2. The highest BCUT2D eigenvalue weighted by Crippen LogP contribution is 2.09. The predicted octanol–water partition coefficient (Wildman–Crippen LogP) is 0.126. The van der Waals surface area contributed by atoms with Crippen LogP contribution in [-0.2, 0) is 13.1 Å². The molecule has 0 saturated heterocycles. The van der Waals surface area contributed by atoms with E-state index < -0.39 is 0 Å². The predicted molar refractivity (Wildman–Crippen MR) is 61.9 cm³/mol. The van der Waals surface area contributed by atoms with Crippen molar-refractivity contribution in [2.45, 2.75) is 38.9 Å². The molecule has 0 spiro atoms. The van der Waals surface area contributed by atoms with Gasteiger partial charge in [-0.3, -0.25) is 4.68 Å². The van der Waals surface area contributed by atoms with E-state index in [1.165, 1.54) is 0 Å². The maximum absolute atomic E-state index is 9.24. The van der Waals surface area contributed by atoms with E-state index in [0.717, 1.165) is 12.0 Å². The van der Waals surface area contributed by atoms with Crippen molar-refractivity contribution >= 4 is 0 Å². The van der Waals surface area contributed by atoms with Gasteiger partial charge in [-0.25, -0.2) is 0 Å². The van der Waals surface area contributed by atoms with E-state index in [4.69, 9.17) is 5.11 Å². The van der Waals surface area contributed by atoms with Gasteiger partial charge in [-0.1, -0.05) is 6.92 Å². The summed E-state index contributed by atoms with van der Waals surface area (Å²) in [5.74, 6) is 0. The summed E-state index contributed by atoms with van der Waals surface area (Å²) in [6.45, 7) is 5.44. The summed E-state index contributed by atoms with van der Waals surface area (Å²) >= 11 is 0. The van der Waals surface area contributed by atoms with E-state index in [0.29, 0.717) is 13.1 Å². The number of aromatic nitrogens is 2. The highest BCUT2D eigenvalue weighted by Gasteiger charge is 2.19. The van der Waals surface area contributed by atoms with Gasteiger partial charge in [-0.2, -0.15) is 5.10 Å². The summed E-state index contributed by atoms with van der Waals surface area (Å²) in [5, 5.41) is 25.4. The Balaban J connectivity index is 2.47. The third-order valence-corrected chi connectivity index (χ3v) is 2.86. The number of aliphatic hydroxyl groups is 2. The van der Waals surface area contributed by atoms with Gasteiger partial charge in [0.05, 0.1) is 26.0 Å². The average Bonchev–Trinajstić information content (AvgIpc) is 2.74. The quantitative estimate of drug-likeness (QED) is 0.619. The molecule has 0 aromatic carbocycles. The molecule has 0 aliphatic heterocycles. The minimum atomic E-state index is -0.237. The Morgan fingerprint density at radius 2 is 2.25 bits per heavy atom. The van der Waals surface area contributed by atoms with Crippen molar-refractivity contribution in [3.8, 4) is 0 Å². The van der Waals surface area contributed by atoms with Gasteiger partial charge in [-0.15, -0.1) is 0 Å². The van der Waals surface area contributed by atoms with E-state index >= 15 is 0 Å². The highest BCUT2D eigenvalue weighted by atomic mass is 16.3. The Labute approximate surface area is 96.1 Å². The van der Waals surface area contributed by atoms with Gasteiger partial charge in [0.25, 0.3) is 0 Å². The van der Waals surface area contributed by atoms with Gasteiger partial charge < -0.3 is 15.5 Å². The van der Waals surface area contributed by atoms with Gasteiger partial charge in [0, 0.05) is 23.8 Å². The lowest BCUT2D eigenvalue weighted by atomic mass is 10.0. The molecule has 5 nitrogen and oxygen atoms in total. The van der Waals surface area contributed by atoms with Crippen molar-refractivity contribution < 1.29 is 10.2 Å². The second-order valence-electron chi connectivity index (χ2n) is 4.26. The van der Waals surface area contributed by atoms with Gasteiger partial charge in [0.15, 0.2) is 0 Å². The fourth-order valence-corrected chi connectivity index (χ4v) is 1.33. The highest BCUT2D eigenvalue weighted by molar-refractivity contribution is 5.04. The molecule has 1 heterocycles. The molecule has 5 heteroatoms. The molecule has 0 aliphatic carbocycles. The lowest BCUT2D eigenvalue weighted by Gasteiger charge is -2.26. The molecule has 16 heavy (non-hydrogen) atoms. The van der Waals surface area contributed by atoms with Crippen molar-refractivity contribution in [1.82, 2.24) is 15.1 Å². The normalized spacial score (nSPS) is 15.0. The van der Waals surface area contributed by atoms with Crippen LogP contribution in [0, 0.1) is 0 Å². The van der Waals surface area contributed by atoms with Crippen LogP contribution in [0.5, 0.6) is 0 Å². The SMILES string of the molecule is CCC(C)(CO)NCc1cnn(CCO)c1. The first-order chi connectivity index (χ1) is 7.63. The molecular formula is C11H21N3O2. The van der Waals surface area contributed by atoms with Crippen LogP contribution < -0.4 is 5.32 Å². The molecular weight excluding hydrogens is 206 g/mol. The maximum atomic E-state index is 9.24. The average molecular weight is 227 g/mol. The smallest absolute Gasteiger partial charge is 0.0640 e. The fraction of sp³-hybridized carbons (Fsp3) is 0.727. The molecule has 0 fully saturated rings. The number of nitrogens with zero attached hydrogens (tertiary/aromatic N) is 2. The van der Waals surface area contributed by atoms with Crippen LogP contribution in [0.3, 0.4) is 0 Å². The lowest BCUT2D eigenvalue weighted by Crippen LogP contribution is -2.44. The molecule has 0 saturated carbocycles. The monoisotopic (exact) mass is 227 g/mol. The molecule has 1 aromatic rings. The molecule has 0 bridgehead atoms. The molecule has 92 valence electrons. The number of nitrogens with one attached hydrogen (secondary N) is 1. The Hall–Kier alpha value is -0.910. The second-order valence-corrected chi connectivity index (χ2v) is 4.26. The molecule has 0 radical (unpaired) electrons. The fourth-order valence-electron chi connectivity index (χ4n) is 1.33. The van der Waals surface area contributed by atoms with E-state index in [1.807, 2.05) is 20.0 Å². The largest absolute Gasteiger partial charge is 0.394 e. The van der Waals surface area contributed by atoms with Crippen LogP contribution in [0.1, 0.15) is 25.8 Å². The zero-order valence-corrected chi connectivity index (χ0v) is 9.98. The minimum Gasteiger partial charge on any atom is -0.394 e. The molecule has 1 atom stereocenters. The summed E-state index contributed by atoms with van der Waals surface area (Å²) in [6, 6.07) is 0. The van der Waals surface area contributed by atoms with E-state index in [2.05, 4.69) is 10.4 Å². The molecule has 0 amide bonds. The second kappa shape index (κ2) is 5.98. The third kappa shape index (κ3) is 3.59. The summed E-state index contributed by atoms with van der Waals surface area (Å²) < 4.78 is 1.71. The standard InChI is InChI=1S/C11H21N3O2/c1-3-11(2,9-16)12-6-10-7-13-14(8-10)4-5-15/h7-8,12,15-16H,3-6,9H2,1-2H3. The third-order valence-electron chi connectivity index (χ3n) is 2.86. The molecule has 3 N–H and O–H groups in total. The molecule has 0 aliphatic rings. The van der Waals surface area contributed by atoms with Crippen LogP contribution >= 0.6 is 0 Å². The van der Waals surface area contributed by atoms with Crippen LogP contribution in [0.15, 0.2) is 12.4 Å². The first-order valence-corrected chi connectivity index (χ1v) is 5.61. The topological polar surface area (TPSA) is 70.3 Å². The summed E-state index contributed by atoms with van der Waals surface area (Å²) in [4.78, 5) is 0. The Morgan fingerprint density at radius 3 is 2.81 bits per heavy atom. The summed E-state index contributed by atoms with van der Waals surface area (Å²) in [7, 11) is 0. The van der Waals surface area contributed by atoms with Gasteiger partial charge in [-0.05, 0) is 13.3 Å². The van der Waals surface area contributed by atoms with Crippen molar-refractivity contribution in [2.75, 3.05) is 13.2 Å². The Bertz CT molecular complexity index is 308. The van der Waals surface area contributed by atoms with Crippen molar-refractivity contribution in [1.29, 1.82) is 0 Å². The number of hydrogen-bond acceptors (Lipinski definition) is 4. The van der Waals surface area contributed by atoms with E-state index in [-0.39, 0.29) is 18.8 Å². The molecule has 1 aromatic heterocycles. The summed E-state index contributed by atoms with van der Waals surface area (Å²) in [6.07, 6.45) is 4.54. The summed E-state index contributed by atoms with van der Waals surface area (Å²) in [5.41, 5.74) is 0.820. The van der Waals surface area contributed by atoms with Crippen LogP contribution in [-0.4, -0.2) is 38.7 Å². The van der Waals surface area contributed by atoms with E-state index in [1.54, 1.807) is 10.9 Å². The Kier molecular flexibility index (Phi) is 4.92. The first kappa shape index (κ1) is 13.2. The first-order valence-electron chi connectivity index (χ1n) is 5.61. The van der Waals surface area contributed by atoms with Crippen LogP contribution in [0.4, 0.5) is 0 Å². The molecule has 1 unspecified atom stereocenters. The Morgan fingerprint density at radius 1 is 1.50 bits per heavy atom. The van der Waals surface area contributed by atoms with Crippen molar-refractivity contribution in [3.63, 3.8) is 0 Å². The van der Waals surface area contributed by atoms with Gasteiger partial charge in [0.2, 0.25) is 0 Å². The zero-order valence-electron chi connectivity index (χ0n) is 9.98. The minimum absolute atomic E-state index is 0.0951. The molecule has 1 rings (SSSR count). The van der Waals surface area contributed by atoms with Crippen LogP contribution in [0.2, 0.25) is 0 Å². The number of rotatable bonds is 7. The maximum Gasteiger partial charge on any atom is 0.0640 e. The van der Waals surface area contributed by atoms with Gasteiger partial charge in [0.1, 0.15) is 0 Å². The lowest BCUT2D eigenvalue weighted by molar-refractivity contribution is 0.169. The van der Waals surface area contributed by atoms with Crippen molar-refractivity contribution in [3.05, 3.63) is 18.0 Å².